The summed E-state index contributed by atoms with van der Waals surface area (Å²) in [6.07, 6.45) is -0.213. The maximum atomic E-state index is 13.6. The predicted molar refractivity (Wildman–Crippen MR) is 110 cm³/mol. The van der Waals surface area contributed by atoms with Crippen molar-refractivity contribution < 1.29 is 32.2 Å². The van der Waals surface area contributed by atoms with Gasteiger partial charge in [0.15, 0.2) is 6.61 Å². The van der Waals surface area contributed by atoms with Crippen LogP contribution in [0.4, 0.5) is 13.2 Å². The third kappa shape index (κ3) is 6.88. The van der Waals surface area contributed by atoms with Gasteiger partial charge in [0.1, 0.15) is 5.60 Å². The second kappa shape index (κ2) is 9.47. The van der Waals surface area contributed by atoms with E-state index >= 15 is 0 Å². The molecule has 0 radical (unpaired) electrons. The number of carbonyl (C=O) groups is 2. The largest absolute Gasteiger partial charge is 0.458 e. The van der Waals surface area contributed by atoms with E-state index in [1.807, 2.05) is 27.7 Å². The van der Waals surface area contributed by atoms with E-state index in [4.69, 9.17) is 4.74 Å². The Hall–Kier alpha value is -1.27. The number of ether oxygens (including phenoxy) is 2. The fourth-order valence-electron chi connectivity index (χ4n) is 4.18. The van der Waals surface area contributed by atoms with E-state index in [0.29, 0.717) is 19.3 Å². The van der Waals surface area contributed by atoms with Crippen molar-refractivity contribution in [2.45, 2.75) is 112 Å². The van der Waals surface area contributed by atoms with Crippen LogP contribution < -0.4 is 0 Å². The van der Waals surface area contributed by atoms with Crippen LogP contribution in [0.3, 0.4) is 0 Å². The fraction of sp³-hybridized carbons (Fsp3) is 0.913. The third-order valence-corrected chi connectivity index (χ3v) is 7.30. The van der Waals surface area contributed by atoms with Crippen molar-refractivity contribution in [3.8, 4) is 0 Å². The number of esters is 2. The lowest BCUT2D eigenvalue weighted by Crippen LogP contribution is -2.49. The van der Waals surface area contributed by atoms with Gasteiger partial charge in [-0.1, -0.05) is 48.0 Å². The average molecular weight is 437 g/mol. The maximum Gasteiger partial charge on any atom is 0.422 e. The highest BCUT2D eigenvalue weighted by Crippen LogP contribution is 2.52. The van der Waals surface area contributed by atoms with E-state index in [-0.39, 0.29) is 23.2 Å². The minimum Gasteiger partial charge on any atom is -0.458 e. The van der Waals surface area contributed by atoms with E-state index in [9.17, 15) is 22.8 Å². The summed E-state index contributed by atoms with van der Waals surface area (Å²) in [7, 11) is 0. The van der Waals surface area contributed by atoms with Gasteiger partial charge in [-0.2, -0.15) is 13.2 Å². The molecule has 1 atom stereocenters. The molecule has 1 rings (SSSR count). The number of carbonyl (C=O) groups excluding carboxylic acids is 2. The van der Waals surface area contributed by atoms with Crippen LogP contribution in [-0.4, -0.2) is 30.3 Å². The SMILES string of the molecule is CCC(C)(C)CC(C)(C(=O)OC1(CC(=O)OCC(F)(F)F)CCCC1)C(C)(C)CC. The Morgan fingerprint density at radius 3 is 1.90 bits per heavy atom. The molecule has 0 aromatic rings. The highest BCUT2D eigenvalue weighted by Gasteiger charge is 2.52. The van der Waals surface area contributed by atoms with Crippen LogP contribution >= 0.6 is 0 Å². The first-order valence-electron chi connectivity index (χ1n) is 11.0. The monoisotopic (exact) mass is 436 g/mol. The van der Waals surface area contributed by atoms with Crippen molar-refractivity contribution in [1.82, 2.24) is 0 Å². The summed E-state index contributed by atoms with van der Waals surface area (Å²) in [5.41, 5.74) is -2.32. The van der Waals surface area contributed by atoms with Crippen molar-refractivity contribution in [3.05, 3.63) is 0 Å². The molecule has 0 heterocycles. The molecule has 0 N–H and O–H groups in total. The summed E-state index contributed by atoms with van der Waals surface area (Å²) in [5.74, 6) is -1.35. The number of rotatable bonds is 10. The van der Waals surface area contributed by atoms with Crippen molar-refractivity contribution in [2.75, 3.05) is 6.61 Å². The van der Waals surface area contributed by atoms with Crippen LogP contribution in [-0.2, 0) is 19.1 Å². The molecule has 1 saturated carbocycles. The molecule has 0 spiro atoms. The molecule has 7 heteroatoms. The average Bonchev–Trinajstić information content (AvgIpc) is 3.06. The zero-order valence-electron chi connectivity index (χ0n) is 19.6. The normalized spacial score (nSPS) is 19.3. The van der Waals surface area contributed by atoms with Gasteiger partial charge in [0, 0.05) is 0 Å². The van der Waals surface area contributed by atoms with Crippen LogP contribution in [0.15, 0.2) is 0 Å². The molecule has 0 amide bonds. The van der Waals surface area contributed by atoms with Gasteiger partial charge in [-0.05, 0) is 56.3 Å². The van der Waals surface area contributed by atoms with Crippen molar-refractivity contribution in [1.29, 1.82) is 0 Å². The van der Waals surface area contributed by atoms with Crippen LogP contribution in [0.2, 0.25) is 0 Å². The molecule has 0 bridgehead atoms. The van der Waals surface area contributed by atoms with Crippen molar-refractivity contribution in [2.24, 2.45) is 16.2 Å². The third-order valence-electron chi connectivity index (χ3n) is 7.30. The van der Waals surface area contributed by atoms with Gasteiger partial charge < -0.3 is 9.47 Å². The number of hydrogen-bond donors (Lipinski definition) is 0. The van der Waals surface area contributed by atoms with Gasteiger partial charge in [0.2, 0.25) is 0 Å². The van der Waals surface area contributed by atoms with E-state index in [0.717, 1.165) is 25.7 Å². The first kappa shape index (κ1) is 26.8. The number of hydrogen-bond acceptors (Lipinski definition) is 4. The number of alkyl halides is 3. The highest BCUT2D eigenvalue weighted by molar-refractivity contribution is 5.79. The summed E-state index contributed by atoms with van der Waals surface area (Å²) >= 11 is 0. The molecule has 0 aromatic heterocycles. The molecule has 1 fully saturated rings. The van der Waals surface area contributed by atoms with Crippen LogP contribution in [0.1, 0.15) is 99.8 Å². The quantitative estimate of drug-likeness (QED) is 0.362. The zero-order chi connectivity index (χ0) is 23.4. The van der Waals surface area contributed by atoms with Crippen LogP contribution in [0.25, 0.3) is 0 Å². The van der Waals surface area contributed by atoms with Gasteiger partial charge in [-0.3, -0.25) is 9.59 Å². The molecule has 30 heavy (non-hydrogen) atoms. The van der Waals surface area contributed by atoms with Gasteiger partial charge in [0.05, 0.1) is 11.8 Å². The molecule has 4 nitrogen and oxygen atoms in total. The Balaban J connectivity index is 3.09. The van der Waals surface area contributed by atoms with E-state index in [2.05, 4.69) is 25.5 Å². The minimum absolute atomic E-state index is 0.0886. The van der Waals surface area contributed by atoms with E-state index in [1.54, 1.807) is 0 Å². The molecular weight excluding hydrogens is 397 g/mol. The summed E-state index contributed by atoms with van der Waals surface area (Å²) in [4.78, 5) is 25.7. The summed E-state index contributed by atoms with van der Waals surface area (Å²) in [6, 6.07) is 0. The lowest BCUT2D eigenvalue weighted by molar-refractivity contribution is -0.195. The van der Waals surface area contributed by atoms with Crippen molar-refractivity contribution >= 4 is 11.9 Å². The predicted octanol–water partition coefficient (Wildman–Crippen LogP) is 6.61. The molecular formula is C23H39F3O4. The first-order valence-corrected chi connectivity index (χ1v) is 11.0. The summed E-state index contributed by atoms with van der Waals surface area (Å²) in [6.45, 7) is 12.7. The number of halogens is 3. The molecule has 1 unspecified atom stereocenters. The van der Waals surface area contributed by atoms with E-state index < -0.39 is 29.8 Å². The van der Waals surface area contributed by atoms with Crippen LogP contribution in [0, 0.1) is 16.2 Å². The zero-order valence-corrected chi connectivity index (χ0v) is 19.6. The molecule has 1 aliphatic rings. The fourth-order valence-corrected chi connectivity index (χ4v) is 4.18. The topological polar surface area (TPSA) is 52.6 Å². The lowest BCUT2D eigenvalue weighted by Gasteiger charge is -2.47. The Morgan fingerprint density at radius 1 is 0.933 bits per heavy atom. The van der Waals surface area contributed by atoms with Crippen LogP contribution in [0.5, 0.6) is 0 Å². The smallest absolute Gasteiger partial charge is 0.422 e. The Kier molecular flexibility index (Phi) is 8.45. The van der Waals surface area contributed by atoms with Gasteiger partial charge in [0.25, 0.3) is 0 Å². The van der Waals surface area contributed by atoms with Gasteiger partial charge >= 0.3 is 18.1 Å². The highest BCUT2D eigenvalue weighted by atomic mass is 19.4. The molecule has 1 aliphatic carbocycles. The Morgan fingerprint density at radius 2 is 1.47 bits per heavy atom. The van der Waals surface area contributed by atoms with E-state index in [1.165, 1.54) is 0 Å². The summed E-state index contributed by atoms with van der Waals surface area (Å²) < 4.78 is 47.6. The standard InChI is InChI=1S/C23H39F3O4/c1-8-19(3,4)15-21(7,20(5,6)9-2)18(28)30-22(12-10-11-13-22)14-17(27)29-16-23(24,25)26/h8-16H2,1-7H3. The van der Waals surface area contributed by atoms with Crippen molar-refractivity contribution in [3.63, 3.8) is 0 Å². The second-order valence-corrected chi connectivity index (χ2v) is 10.5. The Bertz CT molecular complexity index is 604. The molecule has 176 valence electrons. The lowest BCUT2D eigenvalue weighted by atomic mass is 9.58. The molecule has 0 aliphatic heterocycles. The van der Waals surface area contributed by atoms with Gasteiger partial charge in [-0.15, -0.1) is 0 Å². The maximum absolute atomic E-state index is 13.6. The second-order valence-electron chi connectivity index (χ2n) is 10.5. The van der Waals surface area contributed by atoms with Gasteiger partial charge in [-0.25, -0.2) is 0 Å². The molecule has 0 saturated heterocycles. The first-order chi connectivity index (χ1) is 13.5. The minimum atomic E-state index is -4.58. The summed E-state index contributed by atoms with van der Waals surface area (Å²) in [5, 5.41) is 0. The molecule has 0 aromatic carbocycles. The Labute approximate surface area is 179 Å².